The second-order valence-electron chi connectivity index (χ2n) is 17.0. The average Bonchev–Trinajstić information content (AvgIpc) is 4.10. The zero-order valence-corrected chi connectivity index (χ0v) is 35.4. The maximum Gasteiger partial charge on any atom is 0.143 e. The molecule has 10 aromatic carbocycles. The minimum atomic E-state index is -0.426. The fourth-order valence-electron chi connectivity index (χ4n) is 11.4. The Morgan fingerprint density at radius 3 is 1.55 bits per heavy atom. The van der Waals surface area contributed by atoms with Gasteiger partial charge in [-0.15, -0.1) is 11.3 Å². The molecule has 3 heteroatoms. The van der Waals surface area contributed by atoms with Crippen LogP contribution in [0.3, 0.4) is 0 Å². The first kappa shape index (κ1) is 35.6. The summed E-state index contributed by atoms with van der Waals surface area (Å²) in [7, 11) is 0. The van der Waals surface area contributed by atoms with Crippen LogP contribution in [0.1, 0.15) is 22.3 Å². The number of hydrogen-bond acceptors (Lipinski definition) is 3. The molecule has 0 amide bonds. The zero-order chi connectivity index (χ0) is 41.9. The van der Waals surface area contributed by atoms with Gasteiger partial charge in [0.25, 0.3) is 0 Å². The molecule has 2 aliphatic carbocycles. The predicted octanol–water partition coefficient (Wildman–Crippen LogP) is 17.1. The number of benzene rings is 10. The van der Waals surface area contributed by atoms with Gasteiger partial charge >= 0.3 is 0 Å². The van der Waals surface area contributed by atoms with Gasteiger partial charge in [0.15, 0.2) is 0 Å². The molecule has 0 saturated heterocycles. The Bertz CT molecular complexity index is 3840. The SMILES string of the molecule is c1ccc(N(c2ccc3c(c2)-c2ccccc2C32c3ccccc3-c3ccccc32)c2ccccc2-c2cccc3sc4ccccc4c23)c(-c2cccc3c2oc2ccccc23)c1. The number of nitrogens with zero attached hydrogens (tertiary/aromatic N) is 1. The molecule has 0 N–H and O–H groups in total. The van der Waals surface area contributed by atoms with E-state index in [1.54, 1.807) is 0 Å². The van der Waals surface area contributed by atoms with Crippen LogP contribution in [0.5, 0.6) is 0 Å². The third-order valence-corrected chi connectivity index (χ3v) is 15.1. The van der Waals surface area contributed by atoms with E-state index in [2.05, 4.69) is 223 Å². The van der Waals surface area contributed by atoms with Crippen molar-refractivity contribution in [3.05, 3.63) is 247 Å². The van der Waals surface area contributed by atoms with Crippen LogP contribution in [0, 0.1) is 0 Å². The summed E-state index contributed by atoms with van der Waals surface area (Å²) in [6, 6.07) is 82.8. The van der Waals surface area contributed by atoms with Crippen molar-refractivity contribution in [2.24, 2.45) is 0 Å². The zero-order valence-electron chi connectivity index (χ0n) is 34.6. The Balaban J connectivity index is 1.06. The summed E-state index contributed by atoms with van der Waals surface area (Å²) in [5.74, 6) is 0. The molecule has 298 valence electrons. The van der Waals surface area contributed by atoms with Gasteiger partial charge in [-0.1, -0.05) is 182 Å². The van der Waals surface area contributed by atoms with E-state index in [1.807, 2.05) is 17.4 Å². The van der Waals surface area contributed by atoms with Gasteiger partial charge in [0, 0.05) is 53.3 Å². The highest BCUT2D eigenvalue weighted by Crippen LogP contribution is 2.63. The highest BCUT2D eigenvalue weighted by atomic mass is 32.1. The van der Waals surface area contributed by atoms with Crippen LogP contribution in [0.15, 0.2) is 229 Å². The lowest BCUT2D eigenvalue weighted by Crippen LogP contribution is -2.25. The standard InChI is InChI=1S/C61H37NOS/c1-8-27-50-39(17-1)40-18-2-9-28-51(40)61(50)52-29-10-3-19-41(52)49-37-38(35-36-53(49)61)62(54-30-11-4-20-42(54)45-24-16-34-58-59(45)48-23-7-14-33-57(48)64-58)55-31-12-5-21-43(55)46-25-15-26-47-44-22-6-13-32-56(44)63-60(46)47/h1-37H. The molecule has 0 saturated carbocycles. The van der Waals surface area contributed by atoms with Crippen molar-refractivity contribution in [1.29, 1.82) is 0 Å². The summed E-state index contributed by atoms with van der Waals surface area (Å²) in [6.45, 7) is 0. The Labute approximate surface area is 374 Å². The number of para-hydroxylation sites is 4. The van der Waals surface area contributed by atoms with Gasteiger partial charge in [0.1, 0.15) is 11.2 Å². The van der Waals surface area contributed by atoms with Gasteiger partial charge in [-0.2, -0.15) is 0 Å². The van der Waals surface area contributed by atoms with Crippen molar-refractivity contribution in [2.75, 3.05) is 4.90 Å². The molecule has 0 aliphatic heterocycles. The van der Waals surface area contributed by atoms with Crippen molar-refractivity contribution in [3.63, 3.8) is 0 Å². The fourth-order valence-corrected chi connectivity index (χ4v) is 12.5. The van der Waals surface area contributed by atoms with Crippen LogP contribution in [0.2, 0.25) is 0 Å². The third-order valence-electron chi connectivity index (χ3n) is 13.9. The molecule has 14 rings (SSSR count). The monoisotopic (exact) mass is 831 g/mol. The molecule has 0 fully saturated rings. The molecule has 2 aromatic heterocycles. The van der Waals surface area contributed by atoms with Crippen LogP contribution in [0.25, 0.3) is 86.6 Å². The van der Waals surface area contributed by atoms with Crippen molar-refractivity contribution < 1.29 is 4.42 Å². The molecule has 2 nitrogen and oxygen atoms in total. The number of furan rings is 1. The van der Waals surface area contributed by atoms with E-state index < -0.39 is 5.41 Å². The minimum absolute atomic E-state index is 0.426. The third kappa shape index (κ3) is 4.79. The van der Waals surface area contributed by atoms with E-state index >= 15 is 0 Å². The Hall–Kier alpha value is -7.98. The fraction of sp³-hybridized carbons (Fsp3) is 0.0164. The van der Waals surface area contributed by atoms with Gasteiger partial charge in [-0.05, 0) is 92.5 Å². The first-order valence-electron chi connectivity index (χ1n) is 22.0. The number of rotatable bonds is 5. The van der Waals surface area contributed by atoms with E-state index in [9.17, 15) is 0 Å². The molecule has 1 spiro atoms. The lowest BCUT2D eigenvalue weighted by atomic mass is 9.70. The quantitative estimate of drug-likeness (QED) is 0.172. The van der Waals surface area contributed by atoms with E-state index in [4.69, 9.17) is 4.42 Å². The molecular weight excluding hydrogens is 795 g/mol. The number of anilines is 3. The van der Waals surface area contributed by atoms with E-state index in [0.717, 1.165) is 50.1 Å². The van der Waals surface area contributed by atoms with E-state index in [1.165, 1.54) is 75.8 Å². The summed E-state index contributed by atoms with van der Waals surface area (Å²) < 4.78 is 9.33. The van der Waals surface area contributed by atoms with Crippen LogP contribution >= 0.6 is 11.3 Å². The van der Waals surface area contributed by atoms with Crippen LogP contribution < -0.4 is 4.90 Å². The van der Waals surface area contributed by atoms with Crippen molar-refractivity contribution >= 4 is 70.5 Å². The summed E-state index contributed by atoms with van der Waals surface area (Å²) in [6.07, 6.45) is 0. The van der Waals surface area contributed by atoms with E-state index in [-0.39, 0.29) is 0 Å². The number of thiophene rings is 1. The predicted molar refractivity (Wildman–Crippen MR) is 268 cm³/mol. The summed E-state index contributed by atoms with van der Waals surface area (Å²) in [5.41, 5.74) is 19.6. The molecule has 12 aromatic rings. The normalized spacial score (nSPS) is 13.1. The maximum atomic E-state index is 6.75. The summed E-state index contributed by atoms with van der Waals surface area (Å²) in [4.78, 5) is 2.50. The van der Waals surface area contributed by atoms with Crippen LogP contribution in [-0.4, -0.2) is 0 Å². The van der Waals surface area contributed by atoms with Gasteiger partial charge in [0.2, 0.25) is 0 Å². The smallest absolute Gasteiger partial charge is 0.143 e. The van der Waals surface area contributed by atoms with Crippen LogP contribution in [0.4, 0.5) is 17.1 Å². The van der Waals surface area contributed by atoms with Gasteiger partial charge in [-0.25, -0.2) is 0 Å². The van der Waals surface area contributed by atoms with Crippen LogP contribution in [-0.2, 0) is 5.41 Å². The second-order valence-corrected chi connectivity index (χ2v) is 18.1. The molecule has 2 aliphatic rings. The second kappa shape index (κ2) is 13.5. The van der Waals surface area contributed by atoms with Crippen molar-refractivity contribution in [3.8, 4) is 44.5 Å². The van der Waals surface area contributed by atoms with E-state index in [0.29, 0.717) is 0 Å². The Morgan fingerprint density at radius 1 is 0.344 bits per heavy atom. The largest absolute Gasteiger partial charge is 0.455 e. The Kier molecular flexibility index (Phi) is 7.51. The highest BCUT2D eigenvalue weighted by molar-refractivity contribution is 7.25. The maximum absolute atomic E-state index is 6.75. The highest BCUT2D eigenvalue weighted by Gasteiger charge is 2.51. The number of fused-ring (bicyclic) bond motifs is 16. The Morgan fingerprint density at radius 2 is 0.828 bits per heavy atom. The van der Waals surface area contributed by atoms with Crippen molar-refractivity contribution in [1.82, 2.24) is 0 Å². The van der Waals surface area contributed by atoms with Gasteiger partial charge in [-0.3, -0.25) is 0 Å². The first-order valence-corrected chi connectivity index (χ1v) is 22.8. The molecule has 0 unspecified atom stereocenters. The molecular formula is C61H37NOS. The lowest BCUT2D eigenvalue weighted by Gasteiger charge is -2.32. The average molecular weight is 832 g/mol. The minimum Gasteiger partial charge on any atom is -0.455 e. The van der Waals surface area contributed by atoms with Crippen molar-refractivity contribution in [2.45, 2.75) is 5.41 Å². The van der Waals surface area contributed by atoms with Gasteiger partial charge < -0.3 is 9.32 Å². The topological polar surface area (TPSA) is 16.4 Å². The first-order chi connectivity index (χ1) is 31.8. The summed E-state index contributed by atoms with van der Waals surface area (Å²) >= 11 is 1.86. The molecule has 0 bridgehead atoms. The summed E-state index contributed by atoms with van der Waals surface area (Å²) in [5, 5.41) is 4.81. The molecule has 0 atom stereocenters. The van der Waals surface area contributed by atoms with Gasteiger partial charge in [0.05, 0.1) is 16.8 Å². The molecule has 64 heavy (non-hydrogen) atoms. The molecule has 2 heterocycles. The number of hydrogen-bond donors (Lipinski definition) is 0. The lowest BCUT2D eigenvalue weighted by molar-refractivity contribution is 0.670. The molecule has 0 radical (unpaired) electrons.